The van der Waals surface area contributed by atoms with Crippen molar-refractivity contribution in [1.29, 1.82) is 0 Å². The van der Waals surface area contributed by atoms with Gasteiger partial charge in [0, 0.05) is 11.7 Å². The molecule has 1 fully saturated rings. The van der Waals surface area contributed by atoms with Crippen molar-refractivity contribution >= 4 is 29.1 Å². The summed E-state index contributed by atoms with van der Waals surface area (Å²) in [5.74, 6) is 0.408. The number of halogens is 1. The van der Waals surface area contributed by atoms with Gasteiger partial charge in [0.25, 0.3) is 5.91 Å². The van der Waals surface area contributed by atoms with Crippen molar-refractivity contribution in [1.82, 2.24) is 5.32 Å². The van der Waals surface area contributed by atoms with Gasteiger partial charge in [-0.3, -0.25) is 9.59 Å². The van der Waals surface area contributed by atoms with Crippen LogP contribution in [-0.4, -0.2) is 24.5 Å². The van der Waals surface area contributed by atoms with Crippen molar-refractivity contribution in [2.45, 2.75) is 32.2 Å². The number of hydrogen-bond donors (Lipinski definition) is 2. The topological polar surface area (TPSA) is 67.4 Å². The third-order valence-corrected chi connectivity index (χ3v) is 4.34. The van der Waals surface area contributed by atoms with Gasteiger partial charge in [-0.05, 0) is 55.7 Å². The molecule has 3 rings (SSSR count). The largest absolute Gasteiger partial charge is 0.494 e. The van der Waals surface area contributed by atoms with Crippen LogP contribution >= 0.6 is 11.6 Å². The van der Waals surface area contributed by atoms with E-state index in [1.807, 2.05) is 31.2 Å². The molecule has 0 bridgehead atoms. The van der Waals surface area contributed by atoms with Crippen molar-refractivity contribution < 1.29 is 14.3 Å². The summed E-state index contributed by atoms with van der Waals surface area (Å²) in [6.45, 7) is 2.53. The Morgan fingerprint density at radius 2 is 1.88 bits per heavy atom. The lowest BCUT2D eigenvalue weighted by molar-refractivity contribution is -0.115. The van der Waals surface area contributed by atoms with Crippen molar-refractivity contribution in [2.75, 3.05) is 11.9 Å². The van der Waals surface area contributed by atoms with E-state index in [0.29, 0.717) is 22.9 Å². The van der Waals surface area contributed by atoms with Crippen LogP contribution in [0, 0.1) is 0 Å². The molecule has 26 heavy (non-hydrogen) atoms. The molecule has 0 aliphatic heterocycles. The number of benzene rings is 2. The van der Waals surface area contributed by atoms with Crippen LogP contribution in [0.4, 0.5) is 5.69 Å². The van der Waals surface area contributed by atoms with Gasteiger partial charge in [-0.25, -0.2) is 0 Å². The molecule has 2 aromatic rings. The van der Waals surface area contributed by atoms with Gasteiger partial charge in [-0.2, -0.15) is 0 Å². The lowest BCUT2D eigenvalue weighted by Crippen LogP contribution is -2.26. The number of hydrogen-bond acceptors (Lipinski definition) is 3. The number of rotatable bonds is 7. The van der Waals surface area contributed by atoms with E-state index in [-0.39, 0.29) is 24.3 Å². The molecule has 0 heterocycles. The highest BCUT2D eigenvalue weighted by Gasteiger charge is 2.24. The van der Waals surface area contributed by atoms with E-state index in [9.17, 15) is 9.59 Å². The summed E-state index contributed by atoms with van der Waals surface area (Å²) in [7, 11) is 0. The van der Waals surface area contributed by atoms with Crippen molar-refractivity contribution in [3.8, 4) is 5.75 Å². The zero-order valence-corrected chi connectivity index (χ0v) is 15.3. The van der Waals surface area contributed by atoms with Gasteiger partial charge in [0.1, 0.15) is 5.75 Å². The average molecular weight is 373 g/mol. The Bertz CT molecular complexity index is 801. The first-order valence-corrected chi connectivity index (χ1v) is 9.05. The Kier molecular flexibility index (Phi) is 5.78. The van der Waals surface area contributed by atoms with Gasteiger partial charge in [0.2, 0.25) is 5.91 Å². The molecular formula is C20H21ClN2O3. The number of carbonyl (C=O) groups excluding carboxylic acids is 2. The molecule has 0 saturated heterocycles. The lowest BCUT2D eigenvalue weighted by atomic mass is 10.1. The summed E-state index contributed by atoms with van der Waals surface area (Å²) in [6.07, 6.45) is 2.24. The highest BCUT2D eigenvalue weighted by Crippen LogP contribution is 2.24. The minimum Gasteiger partial charge on any atom is -0.494 e. The number of carbonyl (C=O) groups is 2. The number of nitrogens with one attached hydrogen (secondary N) is 2. The molecule has 6 heteroatoms. The third-order valence-electron chi connectivity index (χ3n) is 4.01. The fraction of sp³-hybridized carbons (Fsp3) is 0.300. The van der Waals surface area contributed by atoms with E-state index >= 15 is 0 Å². The Hall–Kier alpha value is -2.53. The molecule has 1 aliphatic carbocycles. The van der Waals surface area contributed by atoms with E-state index in [1.165, 1.54) is 0 Å². The standard InChI is InChI=1S/C20H21ClN2O3/c1-2-26-16-8-3-13(4-9-16)11-19(24)22-15-7-10-18(21)17(12-15)20(25)23-14-5-6-14/h3-4,7-10,12,14H,2,5-6,11H2,1H3,(H,22,24)(H,23,25). The van der Waals surface area contributed by atoms with E-state index in [4.69, 9.17) is 16.3 Å². The average Bonchev–Trinajstić information content (AvgIpc) is 3.42. The molecule has 1 aliphatic rings. The zero-order chi connectivity index (χ0) is 18.5. The summed E-state index contributed by atoms with van der Waals surface area (Å²) in [5, 5.41) is 6.08. The quantitative estimate of drug-likeness (QED) is 0.776. The molecule has 2 amide bonds. The first kappa shape index (κ1) is 18.3. The number of anilines is 1. The second kappa shape index (κ2) is 8.23. The summed E-state index contributed by atoms with van der Waals surface area (Å²) < 4.78 is 5.39. The molecule has 5 nitrogen and oxygen atoms in total. The van der Waals surface area contributed by atoms with Gasteiger partial charge in [-0.1, -0.05) is 23.7 Å². The Labute approximate surface area is 157 Å². The molecule has 2 aromatic carbocycles. The molecule has 2 N–H and O–H groups in total. The van der Waals surface area contributed by atoms with Crippen LogP contribution in [0.2, 0.25) is 5.02 Å². The predicted octanol–water partition coefficient (Wildman–Crippen LogP) is 3.81. The lowest BCUT2D eigenvalue weighted by Gasteiger charge is -2.10. The number of amides is 2. The molecule has 0 spiro atoms. The zero-order valence-electron chi connectivity index (χ0n) is 14.5. The second-order valence-electron chi connectivity index (χ2n) is 6.24. The van der Waals surface area contributed by atoms with Crippen LogP contribution in [0.1, 0.15) is 35.7 Å². The van der Waals surface area contributed by atoms with Gasteiger partial charge in [-0.15, -0.1) is 0 Å². The van der Waals surface area contributed by atoms with E-state index < -0.39 is 0 Å². The fourth-order valence-electron chi connectivity index (χ4n) is 2.53. The van der Waals surface area contributed by atoms with Crippen molar-refractivity contribution in [3.05, 3.63) is 58.6 Å². The monoisotopic (exact) mass is 372 g/mol. The van der Waals surface area contributed by atoms with Crippen LogP contribution in [0.5, 0.6) is 5.75 Å². The number of ether oxygens (including phenoxy) is 1. The molecule has 0 atom stereocenters. The van der Waals surface area contributed by atoms with Gasteiger partial charge in [0.15, 0.2) is 0 Å². The van der Waals surface area contributed by atoms with Crippen LogP contribution in [-0.2, 0) is 11.2 Å². The van der Waals surface area contributed by atoms with Crippen molar-refractivity contribution in [3.63, 3.8) is 0 Å². The summed E-state index contributed by atoms with van der Waals surface area (Å²) in [4.78, 5) is 24.5. The maximum absolute atomic E-state index is 12.3. The minimum atomic E-state index is -0.208. The van der Waals surface area contributed by atoms with Crippen LogP contribution in [0.15, 0.2) is 42.5 Å². The van der Waals surface area contributed by atoms with Gasteiger partial charge in [0.05, 0.1) is 23.6 Å². The molecule has 136 valence electrons. The molecule has 0 aromatic heterocycles. The Morgan fingerprint density at radius 1 is 1.15 bits per heavy atom. The normalized spacial score (nSPS) is 13.2. The highest BCUT2D eigenvalue weighted by molar-refractivity contribution is 6.34. The van der Waals surface area contributed by atoms with Crippen LogP contribution in [0.25, 0.3) is 0 Å². The van der Waals surface area contributed by atoms with Gasteiger partial charge >= 0.3 is 0 Å². The van der Waals surface area contributed by atoms with E-state index in [0.717, 1.165) is 24.2 Å². The van der Waals surface area contributed by atoms with E-state index in [1.54, 1.807) is 18.2 Å². The van der Waals surface area contributed by atoms with Gasteiger partial charge < -0.3 is 15.4 Å². The maximum atomic E-state index is 12.3. The molecular weight excluding hydrogens is 352 g/mol. The molecule has 0 radical (unpaired) electrons. The fourth-order valence-corrected chi connectivity index (χ4v) is 2.73. The third kappa shape index (κ3) is 4.99. The Balaban J connectivity index is 1.62. The molecule has 0 unspecified atom stereocenters. The van der Waals surface area contributed by atoms with Crippen LogP contribution < -0.4 is 15.4 Å². The smallest absolute Gasteiger partial charge is 0.253 e. The van der Waals surface area contributed by atoms with E-state index in [2.05, 4.69) is 10.6 Å². The Morgan fingerprint density at radius 3 is 2.54 bits per heavy atom. The molecule has 1 saturated carbocycles. The highest BCUT2D eigenvalue weighted by atomic mass is 35.5. The van der Waals surface area contributed by atoms with Crippen molar-refractivity contribution in [2.24, 2.45) is 0 Å². The SMILES string of the molecule is CCOc1ccc(CC(=O)Nc2ccc(Cl)c(C(=O)NC3CC3)c2)cc1. The predicted molar refractivity (Wildman–Crippen MR) is 102 cm³/mol. The first-order chi connectivity index (χ1) is 12.5. The van der Waals surface area contributed by atoms with Crippen LogP contribution in [0.3, 0.4) is 0 Å². The summed E-state index contributed by atoms with van der Waals surface area (Å²) in [6, 6.07) is 12.6. The minimum absolute atomic E-state index is 0.162. The maximum Gasteiger partial charge on any atom is 0.253 e. The summed E-state index contributed by atoms with van der Waals surface area (Å²) >= 11 is 6.12. The first-order valence-electron chi connectivity index (χ1n) is 8.67. The summed E-state index contributed by atoms with van der Waals surface area (Å²) in [5.41, 5.74) is 1.80. The second-order valence-corrected chi connectivity index (χ2v) is 6.65.